The van der Waals surface area contributed by atoms with Gasteiger partial charge >= 0.3 is 5.97 Å². The summed E-state index contributed by atoms with van der Waals surface area (Å²) >= 11 is 0. The van der Waals surface area contributed by atoms with Crippen LogP contribution in [0.15, 0.2) is 6.07 Å². The Morgan fingerprint density at radius 1 is 1.35 bits per heavy atom. The van der Waals surface area contributed by atoms with Crippen LogP contribution in [0.1, 0.15) is 34.5 Å². The Morgan fingerprint density at radius 2 is 2.17 bits per heavy atom. The molecule has 122 valence electrons. The minimum atomic E-state index is -0.930. The molecule has 1 aromatic heterocycles. The van der Waals surface area contributed by atoms with Crippen LogP contribution in [-0.2, 0) is 17.6 Å². The number of fused-ring (bicyclic) bond motifs is 2. The first-order valence-electron chi connectivity index (χ1n) is 8.30. The Bertz CT molecular complexity index is 688. The average Bonchev–Trinajstić information content (AvgIpc) is 3.15. The van der Waals surface area contributed by atoms with E-state index in [1.165, 1.54) is 0 Å². The van der Waals surface area contributed by atoms with Crippen LogP contribution in [0.3, 0.4) is 0 Å². The van der Waals surface area contributed by atoms with Crippen molar-refractivity contribution in [1.82, 2.24) is 9.88 Å². The van der Waals surface area contributed by atoms with Gasteiger partial charge in [0.2, 0.25) is 5.91 Å². The van der Waals surface area contributed by atoms with Gasteiger partial charge in [0.25, 0.3) is 0 Å². The predicted octanol–water partition coefficient (Wildman–Crippen LogP) is 1.18. The van der Waals surface area contributed by atoms with Crippen molar-refractivity contribution in [3.05, 3.63) is 22.9 Å². The second-order valence-electron chi connectivity index (χ2n) is 6.94. The number of pyridine rings is 1. The third-order valence-corrected chi connectivity index (χ3v) is 5.53. The summed E-state index contributed by atoms with van der Waals surface area (Å²) in [5.41, 5.74) is 2.38. The number of piperidine rings is 1. The van der Waals surface area contributed by atoms with Crippen LogP contribution in [0.4, 0.5) is 5.82 Å². The second-order valence-corrected chi connectivity index (χ2v) is 6.94. The van der Waals surface area contributed by atoms with E-state index in [0.717, 1.165) is 50.0 Å². The van der Waals surface area contributed by atoms with Crippen LogP contribution in [0, 0.1) is 11.8 Å². The highest BCUT2D eigenvalue weighted by Gasteiger charge is 2.43. The topological polar surface area (TPSA) is 73.7 Å². The van der Waals surface area contributed by atoms with Crippen molar-refractivity contribution in [3.63, 3.8) is 0 Å². The van der Waals surface area contributed by atoms with Crippen molar-refractivity contribution in [2.75, 3.05) is 31.6 Å². The number of likely N-dealkylation sites (tertiary alicyclic amines) is 1. The largest absolute Gasteiger partial charge is 0.478 e. The van der Waals surface area contributed by atoms with E-state index in [9.17, 15) is 14.7 Å². The molecular formula is C17H21N3O3. The van der Waals surface area contributed by atoms with E-state index in [1.807, 2.05) is 11.9 Å². The van der Waals surface area contributed by atoms with E-state index >= 15 is 0 Å². The van der Waals surface area contributed by atoms with Gasteiger partial charge in [-0.25, -0.2) is 9.78 Å². The lowest BCUT2D eigenvalue weighted by Gasteiger charge is -2.30. The number of carbonyl (C=O) groups excluding carboxylic acids is 1. The summed E-state index contributed by atoms with van der Waals surface area (Å²) in [6, 6.07) is 1.79. The molecule has 4 rings (SSSR count). The van der Waals surface area contributed by atoms with E-state index in [4.69, 9.17) is 0 Å². The number of aromatic carboxylic acids is 1. The molecule has 2 aliphatic heterocycles. The van der Waals surface area contributed by atoms with E-state index in [-0.39, 0.29) is 17.4 Å². The summed E-state index contributed by atoms with van der Waals surface area (Å²) in [4.78, 5) is 32.5. The molecule has 6 nitrogen and oxygen atoms in total. The Hall–Kier alpha value is -2.11. The summed E-state index contributed by atoms with van der Waals surface area (Å²) in [6.45, 7) is 2.10. The van der Waals surface area contributed by atoms with Crippen LogP contribution in [0.5, 0.6) is 0 Å². The fourth-order valence-corrected chi connectivity index (χ4v) is 4.23. The van der Waals surface area contributed by atoms with Crippen molar-refractivity contribution in [2.45, 2.75) is 25.7 Å². The second kappa shape index (κ2) is 5.22. The number of amides is 1. The van der Waals surface area contributed by atoms with Gasteiger partial charge in [-0.3, -0.25) is 4.79 Å². The van der Waals surface area contributed by atoms with Crippen LogP contribution in [0.2, 0.25) is 0 Å². The number of aryl methyl sites for hydroxylation is 2. The minimum absolute atomic E-state index is 0.0227. The lowest BCUT2D eigenvalue weighted by molar-refractivity contribution is -0.137. The van der Waals surface area contributed by atoms with Gasteiger partial charge in [-0.2, -0.15) is 0 Å². The summed E-state index contributed by atoms with van der Waals surface area (Å²) in [5.74, 6) is 0.103. The first kappa shape index (κ1) is 14.5. The maximum atomic E-state index is 12.4. The van der Waals surface area contributed by atoms with Gasteiger partial charge in [0, 0.05) is 32.4 Å². The van der Waals surface area contributed by atoms with Gasteiger partial charge in [0.1, 0.15) is 11.4 Å². The Labute approximate surface area is 135 Å². The molecule has 0 radical (unpaired) electrons. The van der Waals surface area contributed by atoms with Gasteiger partial charge in [-0.1, -0.05) is 0 Å². The number of nitrogens with zero attached hydrogens (tertiary/aromatic N) is 3. The molecule has 2 atom stereocenters. The predicted molar refractivity (Wildman–Crippen MR) is 84.7 cm³/mol. The molecule has 1 amide bonds. The highest BCUT2D eigenvalue weighted by atomic mass is 16.4. The van der Waals surface area contributed by atoms with Gasteiger partial charge in [0.15, 0.2) is 0 Å². The monoisotopic (exact) mass is 315 g/mol. The first-order chi connectivity index (χ1) is 11.0. The Morgan fingerprint density at radius 3 is 2.96 bits per heavy atom. The Balaban J connectivity index is 1.69. The molecule has 1 aromatic rings. The molecule has 3 heterocycles. The molecule has 2 fully saturated rings. The summed E-state index contributed by atoms with van der Waals surface area (Å²) in [7, 11) is 1.84. The van der Waals surface area contributed by atoms with E-state index < -0.39 is 5.97 Å². The number of hydrogen-bond acceptors (Lipinski definition) is 4. The highest BCUT2D eigenvalue weighted by Crippen LogP contribution is 2.36. The van der Waals surface area contributed by atoms with Crippen molar-refractivity contribution >= 4 is 17.7 Å². The van der Waals surface area contributed by atoms with Gasteiger partial charge in [-0.15, -0.1) is 0 Å². The van der Waals surface area contributed by atoms with Gasteiger partial charge in [-0.05, 0) is 43.2 Å². The highest BCUT2D eigenvalue weighted by molar-refractivity contribution is 5.94. The fourth-order valence-electron chi connectivity index (χ4n) is 4.23. The van der Waals surface area contributed by atoms with Crippen molar-refractivity contribution < 1.29 is 14.7 Å². The number of hydrogen-bond donors (Lipinski definition) is 1. The first-order valence-corrected chi connectivity index (χ1v) is 8.30. The van der Waals surface area contributed by atoms with Crippen molar-refractivity contribution in [1.29, 1.82) is 0 Å². The maximum absolute atomic E-state index is 12.4. The van der Waals surface area contributed by atoms with Crippen LogP contribution in [0.25, 0.3) is 0 Å². The summed E-state index contributed by atoms with van der Waals surface area (Å²) in [5, 5.41) is 9.57. The molecule has 1 N–H and O–H groups in total. The quantitative estimate of drug-likeness (QED) is 0.887. The fraction of sp³-hybridized carbons (Fsp3) is 0.588. The normalized spacial score (nSPS) is 26.4. The molecule has 0 saturated carbocycles. The molecule has 0 unspecified atom stereocenters. The molecular weight excluding hydrogens is 294 g/mol. The molecule has 3 aliphatic rings. The van der Waals surface area contributed by atoms with Crippen molar-refractivity contribution in [2.24, 2.45) is 11.8 Å². The van der Waals surface area contributed by atoms with Crippen LogP contribution >= 0.6 is 0 Å². The number of rotatable bonds is 2. The molecule has 2 saturated heterocycles. The standard InChI is InChI=1S/C17H21N3O3/c1-19-6-5-11-8-20(9-13(11)16(19)21)15-12(17(22)23)7-10-3-2-4-14(10)18-15/h7,11,13H,2-6,8-9H2,1H3,(H,22,23)/t11-,13+/m1/s1. The molecule has 23 heavy (non-hydrogen) atoms. The number of carboxylic acids is 1. The Kier molecular flexibility index (Phi) is 3.28. The lowest BCUT2D eigenvalue weighted by Crippen LogP contribution is -2.42. The third-order valence-electron chi connectivity index (χ3n) is 5.53. The number of carbonyl (C=O) groups is 2. The number of anilines is 1. The number of carboxylic acid groups (broad SMARTS) is 1. The zero-order valence-corrected chi connectivity index (χ0v) is 13.3. The summed E-state index contributed by atoms with van der Waals surface area (Å²) in [6.07, 6.45) is 3.86. The molecule has 0 spiro atoms. The van der Waals surface area contributed by atoms with Crippen LogP contribution < -0.4 is 4.90 Å². The SMILES string of the molecule is CN1CC[C@@H]2CN(c3nc4c(cc3C(=O)O)CCC4)C[C@@H]2C1=O. The lowest BCUT2D eigenvalue weighted by atomic mass is 9.88. The van der Waals surface area contributed by atoms with E-state index in [2.05, 4.69) is 4.98 Å². The molecule has 0 bridgehead atoms. The third kappa shape index (κ3) is 2.28. The van der Waals surface area contributed by atoms with Gasteiger partial charge in [0.05, 0.1) is 5.92 Å². The smallest absolute Gasteiger partial charge is 0.339 e. The van der Waals surface area contributed by atoms with E-state index in [1.54, 1.807) is 11.0 Å². The van der Waals surface area contributed by atoms with Crippen LogP contribution in [-0.4, -0.2) is 53.5 Å². The molecule has 0 aromatic carbocycles. The average molecular weight is 315 g/mol. The maximum Gasteiger partial charge on any atom is 0.339 e. The van der Waals surface area contributed by atoms with Crippen molar-refractivity contribution in [3.8, 4) is 0 Å². The minimum Gasteiger partial charge on any atom is -0.478 e. The molecule has 1 aliphatic carbocycles. The summed E-state index contributed by atoms with van der Waals surface area (Å²) < 4.78 is 0. The number of aromatic nitrogens is 1. The molecule has 6 heteroatoms. The zero-order valence-electron chi connectivity index (χ0n) is 13.3. The van der Waals surface area contributed by atoms with E-state index in [0.29, 0.717) is 18.3 Å². The zero-order chi connectivity index (χ0) is 16.1. The van der Waals surface area contributed by atoms with Gasteiger partial charge < -0.3 is 14.9 Å².